The minimum absolute atomic E-state index is 0.0559. The van der Waals surface area contributed by atoms with Crippen molar-refractivity contribution in [2.45, 2.75) is 0 Å². The third kappa shape index (κ3) is 3.40. The zero-order chi connectivity index (χ0) is 17.9. The molecule has 0 fully saturated rings. The summed E-state index contributed by atoms with van der Waals surface area (Å²) < 4.78 is 22.5. The SMILES string of the molecule is COC(=O)c1cc(C(=O)OC)cc(C(=O)c2cc(F)ccc2O)c1. The van der Waals surface area contributed by atoms with E-state index in [2.05, 4.69) is 9.47 Å². The first-order valence-corrected chi connectivity index (χ1v) is 6.72. The van der Waals surface area contributed by atoms with Gasteiger partial charge in [-0.1, -0.05) is 0 Å². The molecule has 2 aromatic carbocycles. The lowest BCUT2D eigenvalue weighted by Gasteiger charge is -2.08. The molecule has 2 rings (SSSR count). The van der Waals surface area contributed by atoms with Crippen LogP contribution >= 0.6 is 0 Å². The van der Waals surface area contributed by atoms with E-state index in [0.717, 1.165) is 32.4 Å². The Bertz CT molecular complexity index is 794. The van der Waals surface area contributed by atoms with Gasteiger partial charge in [-0.25, -0.2) is 14.0 Å². The molecule has 7 heteroatoms. The van der Waals surface area contributed by atoms with E-state index in [0.29, 0.717) is 0 Å². The molecule has 0 bridgehead atoms. The summed E-state index contributed by atoms with van der Waals surface area (Å²) in [6.07, 6.45) is 0. The Kier molecular flexibility index (Phi) is 4.93. The van der Waals surface area contributed by atoms with Crippen LogP contribution in [-0.2, 0) is 9.47 Å². The zero-order valence-corrected chi connectivity index (χ0v) is 12.8. The van der Waals surface area contributed by atoms with E-state index < -0.39 is 29.3 Å². The largest absolute Gasteiger partial charge is 0.507 e. The van der Waals surface area contributed by atoms with Crippen molar-refractivity contribution < 1.29 is 33.4 Å². The Morgan fingerprint density at radius 1 is 0.875 bits per heavy atom. The van der Waals surface area contributed by atoms with Crippen molar-refractivity contribution in [1.82, 2.24) is 0 Å². The molecular weight excluding hydrogens is 319 g/mol. The summed E-state index contributed by atoms with van der Waals surface area (Å²) in [5.74, 6) is -3.43. The van der Waals surface area contributed by atoms with Gasteiger partial charge in [-0.05, 0) is 36.4 Å². The van der Waals surface area contributed by atoms with Gasteiger partial charge in [0, 0.05) is 5.56 Å². The van der Waals surface area contributed by atoms with Crippen molar-refractivity contribution in [2.24, 2.45) is 0 Å². The molecule has 0 radical (unpaired) electrons. The maximum absolute atomic E-state index is 13.3. The van der Waals surface area contributed by atoms with Gasteiger partial charge in [0.15, 0.2) is 5.78 Å². The minimum Gasteiger partial charge on any atom is -0.507 e. The van der Waals surface area contributed by atoms with Gasteiger partial charge in [0.25, 0.3) is 0 Å². The van der Waals surface area contributed by atoms with Crippen LogP contribution in [-0.4, -0.2) is 37.0 Å². The van der Waals surface area contributed by atoms with E-state index >= 15 is 0 Å². The van der Waals surface area contributed by atoms with Crippen LogP contribution in [0.1, 0.15) is 36.6 Å². The average Bonchev–Trinajstić information content (AvgIpc) is 2.61. The van der Waals surface area contributed by atoms with Crippen LogP contribution in [0.2, 0.25) is 0 Å². The number of phenolic OH excluding ortho intramolecular Hbond substituents is 1. The number of methoxy groups -OCH3 is 2. The first kappa shape index (κ1) is 17.1. The fourth-order valence-electron chi connectivity index (χ4n) is 2.08. The monoisotopic (exact) mass is 332 g/mol. The molecule has 0 aliphatic carbocycles. The maximum Gasteiger partial charge on any atom is 0.337 e. The van der Waals surface area contributed by atoms with E-state index in [1.165, 1.54) is 18.2 Å². The van der Waals surface area contributed by atoms with E-state index in [9.17, 15) is 23.9 Å². The normalized spacial score (nSPS) is 10.1. The van der Waals surface area contributed by atoms with Crippen LogP contribution in [0.5, 0.6) is 5.75 Å². The Balaban J connectivity index is 2.59. The van der Waals surface area contributed by atoms with Crippen molar-refractivity contribution in [3.63, 3.8) is 0 Å². The molecule has 0 aromatic heterocycles. The lowest BCUT2D eigenvalue weighted by atomic mass is 9.98. The van der Waals surface area contributed by atoms with Crippen LogP contribution in [0.4, 0.5) is 4.39 Å². The van der Waals surface area contributed by atoms with E-state index in [-0.39, 0.29) is 22.3 Å². The van der Waals surface area contributed by atoms with Crippen LogP contribution in [0.15, 0.2) is 36.4 Å². The highest BCUT2D eigenvalue weighted by molar-refractivity contribution is 6.12. The lowest BCUT2D eigenvalue weighted by Crippen LogP contribution is -2.11. The number of aromatic hydroxyl groups is 1. The molecule has 0 atom stereocenters. The van der Waals surface area contributed by atoms with Crippen molar-refractivity contribution in [2.75, 3.05) is 14.2 Å². The number of esters is 2. The van der Waals surface area contributed by atoms with Crippen LogP contribution in [0.3, 0.4) is 0 Å². The number of ketones is 1. The summed E-state index contributed by atoms with van der Waals surface area (Å²) in [7, 11) is 2.29. The van der Waals surface area contributed by atoms with Gasteiger partial charge in [-0.2, -0.15) is 0 Å². The van der Waals surface area contributed by atoms with Gasteiger partial charge in [0.05, 0.1) is 30.9 Å². The smallest absolute Gasteiger partial charge is 0.337 e. The fraction of sp³-hybridized carbons (Fsp3) is 0.118. The molecule has 0 saturated carbocycles. The molecule has 0 saturated heterocycles. The van der Waals surface area contributed by atoms with Gasteiger partial charge in [0.1, 0.15) is 11.6 Å². The third-order valence-electron chi connectivity index (χ3n) is 3.24. The number of benzene rings is 2. The van der Waals surface area contributed by atoms with E-state index in [1.54, 1.807) is 0 Å². The Morgan fingerprint density at radius 2 is 1.38 bits per heavy atom. The molecular formula is C17H13FO6. The number of phenols is 1. The highest BCUT2D eigenvalue weighted by atomic mass is 19.1. The first-order valence-electron chi connectivity index (χ1n) is 6.72. The molecule has 124 valence electrons. The predicted octanol–water partition coefficient (Wildman–Crippen LogP) is 2.34. The van der Waals surface area contributed by atoms with Gasteiger partial charge in [0.2, 0.25) is 0 Å². The second kappa shape index (κ2) is 6.91. The highest BCUT2D eigenvalue weighted by Crippen LogP contribution is 2.23. The Labute approximate surface area is 136 Å². The van der Waals surface area contributed by atoms with Gasteiger partial charge >= 0.3 is 11.9 Å². The zero-order valence-electron chi connectivity index (χ0n) is 12.8. The van der Waals surface area contributed by atoms with E-state index in [1.807, 2.05) is 0 Å². The van der Waals surface area contributed by atoms with Crippen LogP contribution < -0.4 is 0 Å². The fourth-order valence-corrected chi connectivity index (χ4v) is 2.08. The summed E-state index contributed by atoms with van der Waals surface area (Å²) in [5.41, 5.74) is -0.508. The molecule has 24 heavy (non-hydrogen) atoms. The second-order valence-electron chi connectivity index (χ2n) is 4.77. The number of carbonyl (C=O) groups is 3. The summed E-state index contributed by atoms with van der Waals surface area (Å²) in [6.45, 7) is 0. The first-order chi connectivity index (χ1) is 11.4. The number of rotatable bonds is 4. The molecule has 0 aliphatic rings. The quantitative estimate of drug-likeness (QED) is 0.683. The highest BCUT2D eigenvalue weighted by Gasteiger charge is 2.20. The molecule has 2 aromatic rings. The maximum atomic E-state index is 13.3. The van der Waals surface area contributed by atoms with Gasteiger partial charge < -0.3 is 14.6 Å². The Hall–Kier alpha value is -3.22. The summed E-state index contributed by atoms with van der Waals surface area (Å²) >= 11 is 0. The van der Waals surface area contributed by atoms with Crippen molar-refractivity contribution in [3.8, 4) is 5.75 Å². The standard InChI is InChI=1S/C17H13FO6/c1-23-16(21)10-5-9(6-11(7-10)17(22)24-2)15(20)13-8-12(18)3-4-14(13)19/h3-8,19H,1-2H3. The van der Waals surface area contributed by atoms with Crippen molar-refractivity contribution in [3.05, 3.63) is 64.5 Å². The van der Waals surface area contributed by atoms with Gasteiger partial charge in [-0.3, -0.25) is 4.79 Å². The summed E-state index contributed by atoms with van der Waals surface area (Å²) in [4.78, 5) is 35.9. The topological polar surface area (TPSA) is 89.9 Å². The molecule has 0 aliphatic heterocycles. The summed E-state index contributed by atoms with van der Waals surface area (Å²) in [5, 5.41) is 9.75. The lowest BCUT2D eigenvalue weighted by molar-refractivity contribution is 0.0599. The molecule has 6 nitrogen and oxygen atoms in total. The third-order valence-corrected chi connectivity index (χ3v) is 3.24. The minimum atomic E-state index is -0.765. The van der Waals surface area contributed by atoms with Crippen molar-refractivity contribution >= 4 is 17.7 Å². The number of hydrogen-bond acceptors (Lipinski definition) is 6. The average molecular weight is 332 g/mol. The predicted molar refractivity (Wildman–Crippen MR) is 80.6 cm³/mol. The Morgan fingerprint density at radius 3 is 1.88 bits per heavy atom. The summed E-state index contributed by atoms with van der Waals surface area (Å²) in [6, 6.07) is 6.47. The molecule has 1 N–H and O–H groups in total. The molecule has 0 unspecified atom stereocenters. The molecule has 0 amide bonds. The van der Waals surface area contributed by atoms with E-state index in [4.69, 9.17) is 0 Å². The molecule has 0 spiro atoms. The number of hydrogen-bond donors (Lipinski definition) is 1. The number of ether oxygens (including phenoxy) is 2. The molecule has 0 heterocycles. The van der Waals surface area contributed by atoms with Crippen LogP contribution in [0, 0.1) is 5.82 Å². The number of carbonyl (C=O) groups excluding carboxylic acids is 3. The second-order valence-corrected chi connectivity index (χ2v) is 4.77. The van der Waals surface area contributed by atoms with Crippen LogP contribution in [0.25, 0.3) is 0 Å². The van der Waals surface area contributed by atoms with Crippen molar-refractivity contribution in [1.29, 1.82) is 0 Å². The van der Waals surface area contributed by atoms with Gasteiger partial charge in [-0.15, -0.1) is 0 Å². The number of halogens is 1.